The van der Waals surface area contributed by atoms with Crippen LogP contribution >= 0.6 is 33.1 Å². The lowest BCUT2D eigenvalue weighted by Gasteiger charge is -2.27. The van der Waals surface area contributed by atoms with Gasteiger partial charge in [-0.05, 0) is 13.7 Å². The summed E-state index contributed by atoms with van der Waals surface area (Å²) in [5, 5.41) is 4.58. The molecular formula is C10H19N3OP4. The van der Waals surface area contributed by atoms with Crippen LogP contribution in [0.2, 0.25) is 0 Å². The van der Waals surface area contributed by atoms with Gasteiger partial charge in [-0.3, -0.25) is 9.48 Å². The highest BCUT2D eigenvalue weighted by molar-refractivity contribution is 8.63. The average Bonchev–Trinajstić information content (AvgIpc) is 2.70. The van der Waals surface area contributed by atoms with Crippen LogP contribution in [0.5, 0.6) is 0 Å². The van der Waals surface area contributed by atoms with Gasteiger partial charge in [0.1, 0.15) is 5.44 Å². The maximum atomic E-state index is 12.5. The van der Waals surface area contributed by atoms with E-state index in [-0.39, 0.29) is 5.91 Å². The first kappa shape index (κ1) is 14.8. The first-order chi connectivity index (χ1) is 8.60. The topological polar surface area (TPSA) is 38.1 Å². The van der Waals surface area contributed by atoms with Crippen molar-refractivity contribution in [2.45, 2.75) is 19.8 Å². The SMILES string of the molecule is CCCN1CCc2c(c(P(P)PP)nn2C)C1=O. The van der Waals surface area contributed by atoms with Crippen molar-refractivity contribution in [2.75, 3.05) is 13.1 Å². The molecule has 1 aliphatic heterocycles. The van der Waals surface area contributed by atoms with Crippen molar-refractivity contribution >= 4 is 44.5 Å². The molecule has 0 bridgehead atoms. The number of hydrogen-bond donors (Lipinski definition) is 0. The molecule has 2 rings (SSSR count). The summed E-state index contributed by atoms with van der Waals surface area (Å²) in [5.41, 5.74) is 3.00. The molecule has 4 unspecified atom stereocenters. The van der Waals surface area contributed by atoms with E-state index in [0.29, 0.717) is 0 Å². The standard InChI is InChI=1S/C10H19N3OP4/c1-3-5-13-6-4-7-8(10(13)14)9(11-12(7)2)18(16)17-15/h17H,3-6,15-16H2,1-2H3. The van der Waals surface area contributed by atoms with E-state index in [1.807, 2.05) is 16.6 Å². The number of nitrogens with zero attached hydrogens (tertiary/aromatic N) is 3. The largest absolute Gasteiger partial charge is 0.338 e. The first-order valence-electron chi connectivity index (χ1n) is 5.96. The molecule has 0 spiro atoms. The van der Waals surface area contributed by atoms with E-state index >= 15 is 0 Å². The number of rotatable bonds is 4. The summed E-state index contributed by atoms with van der Waals surface area (Å²) < 4.78 is 1.90. The molecule has 4 atom stereocenters. The third-order valence-corrected chi connectivity index (χ3v) is 12.9. The number of carbonyl (C=O) groups is 1. The van der Waals surface area contributed by atoms with Crippen molar-refractivity contribution in [3.8, 4) is 0 Å². The Morgan fingerprint density at radius 3 is 2.89 bits per heavy atom. The highest BCUT2D eigenvalue weighted by Crippen LogP contribution is 2.65. The number of aryl methyl sites for hydroxylation is 1. The van der Waals surface area contributed by atoms with Gasteiger partial charge in [0.2, 0.25) is 0 Å². The molecule has 1 aliphatic rings. The number of hydrogen-bond acceptors (Lipinski definition) is 2. The summed E-state index contributed by atoms with van der Waals surface area (Å²) in [4.78, 5) is 14.5. The number of aromatic nitrogens is 2. The number of carbonyl (C=O) groups excluding carboxylic acids is 1. The van der Waals surface area contributed by atoms with Crippen molar-refractivity contribution in [1.82, 2.24) is 14.7 Å². The highest BCUT2D eigenvalue weighted by atomic mass is 32.6. The Morgan fingerprint density at radius 2 is 2.28 bits per heavy atom. The minimum absolute atomic E-state index is 0.180. The van der Waals surface area contributed by atoms with Crippen LogP contribution in [0.3, 0.4) is 0 Å². The van der Waals surface area contributed by atoms with Crippen molar-refractivity contribution in [3.05, 3.63) is 11.3 Å². The lowest BCUT2D eigenvalue weighted by atomic mass is 10.1. The van der Waals surface area contributed by atoms with Crippen LogP contribution in [-0.2, 0) is 13.5 Å². The maximum Gasteiger partial charge on any atom is 0.258 e. The van der Waals surface area contributed by atoms with Crippen LogP contribution in [0.25, 0.3) is 0 Å². The fourth-order valence-electron chi connectivity index (χ4n) is 2.26. The normalized spacial score (nSPS) is 17.6. The predicted octanol–water partition coefficient (Wildman–Crippen LogP) is 2.11. The molecule has 0 radical (unpaired) electrons. The minimum atomic E-state index is -0.394. The highest BCUT2D eigenvalue weighted by Gasteiger charge is 2.32. The fourth-order valence-corrected chi connectivity index (χ4v) is 5.56. The van der Waals surface area contributed by atoms with Crippen molar-refractivity contribution < 1.29 is 4.79 Å². The van der Waals surface area contributed by atoms with Gasteiger partial charge in [-0.25, -0.2) is 0 Å². The van der Waals surface area contributed by atoms with E-state index in [9.17, 15) is 4.79 Å². The molecule has 1 aromatic heterocycles. The maximum absolute atomic E-state index is 12.5. The summed E-state index contributed by atoms with van der Waals surface area (Å²) in [6, 6.07) is 0. The van der Waals surface area contributed by atoms with E-state index in [1.165, 1.54) is 0 Å². The Kier molecular flexibility index (Phi) is 5.13. The molecule has 0 saturated heterocycles. The first-order valence-corrected chi connectivity index (χ1v) is 12.6. The molecule has 8 heteroatoms. The van der Waals surface area contributed by atoms with E-state index in [2.05, 4.69) is 29.9 Å². The third kappa shape index (κ3) is 2.64. The zero-order valence-corrected chi connectivity index (χ0v) is 14.9. The quantitative estimate of drug-likeness (QED) is 0.797. The number of fused-ring (bicyclic) bond motifs is 1. The van der Waals surface area contributed by atoms with Crippen molar-refractivity contribution in [2.24, 2.45) is 7.05 Å². The Labute approximate surface area is 115 Å². The molecule has 0 N–H and O–H groups in total. The molecule has 4 nitrogen and oxygen atoms in total. The predicted molar refractivity (Wildman–Crippen MR) is 87.4 cm³/mol. The molecule has 100 valence electrons. The van der Waals surface area contributed by atoms with E-state index < -0.39 is 7.30 Å². The molecule has 0 fully saturated rings. The van der Waals surface area contributed by atoms with Gasteiger partial charge < -0.3 is 4.90 Å². The Hall–Kier alpha value is 0.400. The molecule has 2 heterocycles. The number of amides is 1. The zero-order chi connectivity index (χ0) is 13.3. The van der Waals surface area contributed by atoms with Gasteiger partial charge in [-0.15, -0.1) is 17.9 Å². The molecule has 0 aromatic carbocycles. The van der Waals surface area contributed by atoms with Gasteiger partial charge in [-0.2, -0.15) is 5.10 Å². The Balaban J connectivity index is 2.41. The molecule has 1 amide bonds. The monoisotopic (exact) mass is 321 g/mol. The van der Waals surface area contributed by atoms with Crippen LogP contribution in [0.1, 0.15) is 29.4 Å². The molecular weight excluding hydrogens is 302 g/mol. The van der Waals surface area contributed by atoms with E-state index in [4.69, 9.17) is 0 Å². The van der Waals surface area contributed by atoms with Gasteiger partial charge in [0, 0.05) is 26.6 Å². The Bertz CT molecular complexity index is 462. The average molecular weight is 321 g/mol. The van der Waals surface area contributed by atoms with E-state index in [1.54, 1.807) is 0 Å². The zero-order valence-electron chi connectivity index (χ0n) is 10.7. The fraction of sp³-hybridized carbons (Fsp3) is 0.600. The smallest absolute Gasteiger partial charge is 0.258 e. The van der Waals surface area contributed by atoms with Crippen LogP contribution in [-0.4, -0.2) is 33.7 Å². The Morgan fingerprint density at radius 1 is 1.56 bits per heavy atom. The van der Waals surface area contributed by atoms with Crippen molar-refractivity contribution in [3.63, 3.8) is 0 Å². The van der Waals surface area contributed by atoms with Crippen LogP contribution < -0.4 is 5.44 Å². The summed E-state index contributed by atoms with van der Waals surface area (Å²) in [7, 11) is 7.91. The van der Waals surface area contributed by atoms with Gasteiger partial charge in [0.25, 0.3) is 5.91 Å². The van der Waals surface area contributed by atoms with Crippen LogP contribution in [0, 0.1) is 0 Å². The third-order valence-electron chi connectivity index (χ3n) is 3.13. The van der Waals surface area contributed by atoms with Crippen LogP contribution in [0.4, 0.5) is 0 Å². The molecule has 1 aromatic rings. The second-order valence-electron chi connectivity index (χ2n) is 4.31. The van der Waals surface area contributed by atoms with E-state index in [0.717, 1.165) is 50.6 Å². The van der Waals surface area contributed by atoms with Crippen molar-refractivity contribution in [1.29, 1.82) is 0 Å². The minimum Gasteiger partial charge on any atom is -0.338 e. The molecule has 18 heavy (non-hydrogen) atoms. The summed E-state index contributed by atoms with van der Waals surface area (Å²) in [6.07, 6.45) is 1.94. The summed E-state index contributed by atoms with van der Waals surface area (Å²) in [5.74, 6) is 0.180. The van der Waals surface area contributed by atoms with Gasteiger partial charge in [-0.1, -0.05) is 14.9 Å². The summed E-state index contributed by atoms with van der Waals surface area (Å²) in [6.45, 7) is 3.79. The lowest BCUT2D eigenvalue weighted by Crippen LogP contribution is -2.39. The lowest BCUT2D eigenvalue weighted by molar-refractivity contribution is 0.0739. The molecule has 0 saturated carbocycles. The second-order valence-corrected chi connectivity index (χ2v) is 13.4. The van der Waals surface area contributed by atoms with Gasteiger partial charge in [0.15, 0.2) is 0 Å². The van der Waals surface area contributed by atoms with Gasteiger partial charge in [0.05, 0.1) is 11.3 Å². The van der Waals surface area contributed by atoms with Crippen LogP contribution in [0.15, 0.2) is 0 Å². The second kappa shape index (κ2) is 6.23. The summed E-state index contributed by atoms with van der Waals surface area (Å²) >= 11 is 0. The molecule has 0 aliphatic carbocycles. The van der Waals surface area contributed by atoms with Gasteiger partial charge >= 0.3 is 0 Å².